The van der Waals surface area contributed by atoms with Gasteiger partial charge in [0.2, 0.25) is 0 Å². The lowest BCUT2D eigenvalue weighted by Crippen LogP contribution is -2.29. The highest BCUT2D eigenvalue weighted by Gasteiger charge is 2.44. The SMILES string of the molecule is O=S(=O)(c1ccccc1)C1(Cl)CCCC1. The van der Waals surface area contributed by atoms with E-state index in [9.17, 15) is 8.42 Å². The fourth-order valence-electron chi connectivity index (χ4n) is 1.98. The summed E-state index contributed by atoms with van der Waals surface area (Å²) in [6.45, 7) is 0. The average Bonchev–Trinajstić information content (AvgIpc) is 2.68. The van der Waals surface area contributed by atoms with Crippen molar-refractivity contribution in [1.82, 2.24) is 0 Å². The van der Waals surface area contributed by atoms with Crippen LogP contribution < -0.4 is 0 Å². The van der Waals surface area contributed by atoms with Crippen molar-refractivity contribution in [1.29, 1.82) is 0 Å². The molecular formula is C11H13ClO2S. The maximum atomic E-state index is 12.2. The molecule has 1 aromatic carbocycles. The van der Waals surface area contributed by atoms with Crippen LogP contribution in [0.2, 0.25) is 0 Å². The maximum Gasteiger partial charge on any atom is 0.197 e. The van der Waals surface area contributed by atoms with Gasteiger partial charge in [-0.25, -0.2) is 8.42 Å². The summed E-state index contributed by atoms with van der Waals surface area (Å²) in [5, 5.41) is 0. The van der Waals surface area contributed by atoms with E-state index in [0.29, 0.717) is 17.7 Å². The Labute approximate surface area is 95.2 Å². The molecule has 0 saturated heterocycles. The van der Waals surface area contributed by atoms with Gasteiger partial charge in [-0.2, -0.15) is 0 Å². The van der Waals surface area contributed by atoms with Crippen LogP contribution in [0.3, 0.4) is 0 Å². The minimum Gasteiger partial charge on any atom is -0.222 e. The smallest absolute Gasteiger partial charge is 0.197 e. The van der Waals surface area contributed by atoms with Gasteiger partial charge in [-0.05, 0) is 25.0 Å². The Morgan fingerprint density at radius 3 is 2.13 bits per heavy atom. The summed E-state index contributed by atoms with van der Waals surface area (Å²) in [4.78, 5) is 0.335. The van der Waals surface area contributed by atoms with Crippen molar-refractivity contribution in [3.8, 4) is 0 Å². The standard InChI is InChI=1S/C11H13ClO2S/c12-11(8-4-5-9-11)15(13,14)10-6-2-1-3-7-10/h1-3,6-7H,4-5,8-9H2. The summed E-state index contributed by atoms with van der Waals surface area (Å²) in [5.41, 5.74) is 0. The Bertz CT molecular complexity index is 433. The van der Waals surface area contributed by atoms with Crippen LogP contribution in [0.5, 0.6) is 0 Å². The summed E-state index contributed by atoms with van der Waals surface area (Å²) in [5.74, 6) is 0. The number of alkyl halides is 1. The molecule has 0 N–H and O–H groups in total. The molecule has 1 fully saturated rings. The van der Waals surface area contributed by atoms with Crippen molar-refractivity contribution in [2.75, 3.05) is 0 Å². The number of hydrogen-bond acceptors (Lipinski definition) is 2. The van der Waals surface area contributed by atoms with E-state index in [1.165, 1.54) is 0 Å². The summed E-state index contributed by atoms with van der Waals surface area (Å²) < 4.78 is 23.4. The summed E-state index contributed by atoms with van der Waals surface area (Å²) in [7, 11) is -3.37. The van der Waals surface area contributed by atoms with E-state index in [1.807, 2.05) is 0 Å². The fraction of sp³-hybridized carbons (Fsp3) is 0.455. The topological polar surface area (TPSA) is 34.1 Å². The van der Waals surface area contributed by atoms with Gasteiger partial charge in [0.1, 0.15) is 4.21 Å². The molecule has 2 rings (SSSR count). The first kappa shape index (κ1) is 11.0. The number of benzene rings is 1. The van der Waals surface area contributed by atoms with Gasteiger partial charge < -0.3 is 0 Å². The molecule has 0 heterocycles. The lowest BCUT2D eigenvalue weighted by Gasteiger charge is -2.20. The van der Waals surface area contributed by atoms with Gasteiger partial charge in [-0.3, -0.25) is 0 Å². The monoisotopic (exact) mass is 244 g/mol. The highest BCUT2D eigenvalue weighted by molar-refractivity contribution is 7.94. The van der Waals surface area contributed by atoms with Gasteiger partial charge in [0.25, 0.3) is 0 Å². The molecule has 1 aliphatic rings. The Balaban J connectivity index is 2.44. The average molecular weight is 245 g/mol. The van der Waals surface area contributed by atoms with Gasteiger partial charge in [0.05, 0.1) is 4.90 Å². The molecule has 0 aromatic heterocycles. The number of hydrogen-bond donors (Lipinski definition) is 0. The lowest BCUT2D eigenvalue weighted by molar-refractivity contribution is 0.569. The zero-order valence-electron chi connectivity index (χ0n) is 8.32. The van der Waals surface area contributed by atoms with E-state index in [4.69, 9.17) is 11.6 Å². The van der Waals surface area contributed by atoms with E-state index in [1.54, 1.807) is 30.3 Å². The first-order valence-corrected chi connectivity index (χ1v) is 6.91. The van der Waals surface area contributed by atoms with Crippen LogP contribution in [-0.2, 0) is 9.84 Å². The minimum absolute atomic E-state index is 0.335. The largest absolute Gasteiger partial charge is 0.222 e. The second kappa shape index (κ2) is 3.80. The zero-order chi connectivity index (χ0) is 10.9. The first-order chi connectivity index (χ1) is 7.06. The quantitative estimate of drug-likeness (QED) is 0.750. The van der Waals surface area contributed by atoms with Crippen LogP contribution >= 0.6 is 11.6 Å². The minimum atomic E-state index is -3.37. The van der Waals surface area contributed by atoms with E-state index in [0.717, 1.165) is 12.8 Å². The van der Waals surface area contributed by atoms with Crippen molar-refractivity contribution < 1.29 is 8.42 Å². The summed E-state index contributed by atoms with van der Waals surface area (Å²) in [6.07, 6.45) is 2.92. The highest BCUT2D eigenvalue weighted by atomic mass is 35.5. The van der Waals surface area contributed by atoms with Crippen molar-refractivity contribution >= 4 is 21.4 Å². The summed E-state index contributed by atoms with van der Waals surface area (Å²) >= 11 is 6.21. The summed E-state index contributed by atoms with van der Waals surface area (Å²) in [6, 6.07) is 8.47. The van der Waals surface area contributed by atoms with Crippen LogP contribution in [-0.4, -0.2) is 12.6 Å². The Morgan fingerprint density at radius 2 is 1.60 bits per heavy atom. The van der Waals surface area contributed by atoms with Gasteiger partial charge in [-0.15, -0.1) is 11.6 Å². The molecule has 0 spiro atoms. The van der Waals surface area contributed by atoms with E-state index in [-0.39, 0.29) is 0 Å². The Morgan fingerprint density at radius 1 is 1.07 bits per heavy atom. The van der Waals surface area contributed by atoms with Crippen LogP contribution in [0.1, 0.15) is 25.7 Å². The Hall–Kier alpha value is -0.540. The van der Waals surface area contributed by atoms with Crippen LogP contribution in [0.25, 0.3) is 0 Å². The molecule has 82 valence electrons. The number of halogens is 1. The molecule has 15 heavy (non-hydrogen) atoms. The predicted octanol–water partition coefficient (Wildman–Crippen LogP) is 2.97. The molecule has 1 aromatic rings. The van der Waals surface area contributed by atoms with Crippen molar-refractivity contribution in [2.45, 2.75) is 34.8 Å². The second-order valence-electron chi connectivity index (χ2n) is 3.91. The normalized spacial score (nSPS) is 20.3. The molecular weight excluding hydrogens is 232 g/mol. The van der Waals surface area contributed by atoms with Crippen LogP contribution in [0, 0.1) is 0 Å². The van der Waals surface area contributed by atoms with Gasteiger partial charge in [0.15, 0.2) is 9.84 Å². The van der Waals surface area contributed by atoms with Crippen molar-refractivity contribution in [3.05, 3.63) is 30.3 Å². The fourth-order valence-corrected chi connectivity index (χ4v) is 4.28. The van der Waals surface area contributed by atoms with E-state index >= 15 is 0 Å². The molecule has 0 radical (unpaired) electrons. The molecule has 1 aliphatic carbocycles. The highest BCUT2D eigenvalue weighted by Crippen LogP contribution is 2.43. The molecule has 0 atom stereocenters. The van der Waals surface area contributed by atoms with Crippen molar-refractivity contribution in [2.24, 2.45) is 0 Å². The first-order valence-electron chi connectivity index (χ1n) is 5.05. The molecule has 1 saturated carbocycles. The van der Waals surface area contributed by atoms with E-state index in [2.05, 4.69) is 0 Å². The van der Waals surface area contributed by atoms with Crippen LogP contribution in [0.15, 0.2) is 35.2 Å². The number of sulfone groups is 1. The second-order valence-corrected chi connectivity index (χ2v) is 7.11. The molecule has 0 unspecified atom stereocenters. The van der Waals surface area contributed by atoms with Crippen LogP contribution in [0.4, 0.5) is 0 Å². The Kier molecular flexibility index (Phi) is 2.77. The predicted molar refractivity (Wildman–Crippen MR) is 60.7 cm³/mol. The molecule has 0 amide bonds. The molecule has 2 nitrogen and oxygen atoms in total. The molecule has 0 bridgehead atoms. The third kappa shape index (κ3) is 1.79. The molecule has 0 aliphatic heterocycles. The van der Waals surface area contributed by atoms with Gasteiger partial charge >= 0.3 is 0 Å². The van der Waals surface area contributed by atoms with Crippen molar-refractivity contribution in [3.63, 3.8) is 0 Å². The zero-order valence-corrected chi connectivity index (χ0v) is 9.89. The molecule has 4 heteroatoms. The van der Waals surface area contributed by atoms with E-state index < -0.39 is 14.0 Å². The van der Waals surface area contributed by atoms with Gasteiger partial charge in [0, 0.05) is 0 Å². The van der Waals surface area contributed by atoms with Gasteiger partial charge in [-0.1, -0.05) is 31.0 Å². The lowest BCUT2D eigenvalue weighted by atomic mass is 10.4. The maximum absolute atomic E-state index is 12.2. The third-order valence-corrected chi connectivity index (χ3v) is 6.14. The number of rotatable bonds is 2. The third-order valence-electron chi connectivity index (χ3n) is 2.89.